The van der Waals surface area contributed by atoms with Gasteiger partial charge < -0.3 is 5.32 Å². The minimum absolute atomic E-state index is 0.0117. The van der Waals surface area contributed by atoms with Crippen molar-refractivity contribution in [3.8, 4) is 0 Å². The summed E-state index contributed by atoms with van der Waals surface area (Å²) in [6.45, 7) is 3.27. The van der Waals surface area contributed by atoms with Crippen molar-refractivity contribution in [2.45, 2.75) is 24.8 Å². The number of aromatic nitrogens is 4. The van der Waals surface area contributed by atoms with Gasteiger partial charge >= 0.3 is 0 Å². The molecule has 0 aliphatic carbocycles. The third kappa shape index (κ3) is 3.97. The second-order valence-corrected chi connectivity index (χ2v) is 7.37. The Hall–Kier alpha value is -2.59. The molecule has 26 heavy (non-hydrogen) atoms. The average Bonchev–Trinajstić information content (AvgIpc) is 3.04. The second-order valence-electron chi connectivity index (χ2n) is 5.61. The van der Waals surface area contributed by atoms with Gasteiger partial charge in [0.2, 0.25) is 10.0 Å². The molecule has 0 spiro atoms. The lowest BCUT2D eigenvalue weighted by atomic mass is 10.4. The number of anilines is 1. The molecule has 3 rings (SSSR count). The number of sulfonamides is 1. The summed E-state index contributed by atoms with van der Waals surface area (Å²) in [5.41, 5.74) is 0.625. The first-order chi connectivity index (χ1) is 12.5. The summed E-state index contributed by atoms with van der Waals surface area (Å²) in [6.07, 6.45) is 4.06. The van der Waals surface area contributed by atoms with Gasteiger partial charge in [0.05, 0.1) is 23.0 Å². The predicted molar refractivity (Wildman–Crippen MR) is 95.7 cm³/mol. The van der Waals surface area contributed by atoms with Gasteiger partial charge in [-0.3, -0.25) is 0 Å². The quantitative estimate of drug-likeness (QED) is 0.619. The summed E-state index contributed by atoms with van der Waals surface area (Å²) in [5.74, 6) is 0.217. The van der Waals surface area contributed by atoms with Crippen LogP contribution in [-0.4, -0.2) is 41.3 Å². The molecule has 2 N–H and O–H groups in total. The van der Waals surface area contributed by atoms with Crippen LogP contribution in [0.25, 0.3) is 11.0 Å². The molecule has 0 fully saturated rings. The molecule has 8 nitrogen and oxygen atoms in total. The lowest BCUT2D eigenvalue weighted by molar-refractivity contribution is 0.564. The van der Waals surface area contributed by atoms with Gasteiger partial charge in [0.15, 0.2) is 5.65 Å². The predicted octanol–water partition coefficient (Wildman–Crippen LogP) is 1.77. The highest BCUT2D eigenvalue weighted by Gasteiger charge is 2.14. The van der Waals surface area contributed by atoms with Gasteiger partial charge in [-0.2, -0.15) is 5.10 Å². The van der Waals surface area contributed by atoms with E-state index in [1.807, 2.05) is 0 Å². The molecule has 0 saturated carbocycles. The Labute approximate surface area is 150 Å². The SMILES string of the molecule is CCCNc1ncnc2c1cnn2CCNS(=O)(=O)c1ccc(F)cc1. The van der Waals surface area contributed by atoms with Crippen molar-refractivity contribution in [2.75, 3.05) is 18.4 Å². The van der Waals surface area contributed by atoms with Crippen LogP contribution in [0, 0.1) is 5.82 Å². The summed E-state index contributed by atoms with van der Waals surface area (Å²) < 4.78 is 41.4. The first kappa shape index (κ1) is 18.2. The van der Waals surface area contributed by atoms with Crippen LogP contribution in [-0.2, 0) is 16.6 Å². The Kier molecular flexibility index (Phi) is 5.43. The van der Waals surface area contributed by atoms with E-state index in [1.165, 1.54) is 18.5 Å². The summed E-state index contributed by atoms with van der Waals surface area (Å²) in [7, 11) is -3.71. The van der Waals surface area contributed by atoms with E-state index in [-0.39, 0.29) is 11.4 Å². The monoisotopic (exact) mass is 378 g/mol. The minimum atomic E-state index is -3.71. The molecule has 10 heteroatoms. The van der Waals surface area contributed by atoms with E-state index >= 15 is 0 Å². The van der Waals surface area contributed by atoms with Gasteiger partial charge in [-0.1, -0.05) is 6.92 Å². The van der Waals surface area contributed by atoms with Crippen LogP contribution >= 0.6 is 0 Å². The van der Waals surface area contributed by atoms with Gasteiger partial charge in [-0.05, 0) is 30.7 Å². The van der Waals surface area contributed by atoms with E-state index in [1.54, 1.807) is 10.9 Å². The molecule has 138 valence electrons. The van der Waals surface area contributed by atoms with Crippen molar-refractivity contribution in [2.24, 2.45) is 0 Å². The molecule has 2 aromatic heterocycles. The Morgan fingerprint density at radius 2 is 1.92 bits per heavy atom. The van der Waals surface area contributed by atoms with E-state index in [2.05, 4.69) is 32.0 Å². The van der Waals surface area contributed by atoms with E-state index in [0.29, 0.717) is 18.0 Å². The highest BCUT2D eigenvalue weighted by molar-refractivity contribution is 7.89. The van der Waals surface area contributed by atoms with Crippen LogP contribution in [0.2, 0.25) is 0 Å². The maximum atomic E-state index is 12.9. The third-order valence-electron chi connectivity index (χ3n) is 3.72. The summed E-state index contributed by atoms with van der Waals surface area (Å²) in [5, 5.41) is 8.25. The van der Waals surface area contributed by atoms with Crippen molar-refractivity contribution in [1.29, 1.82) is 0 Å². The number of hydrogen-bond acceptors (Lipinski definition) is 6. The lowest BCUT2D eigenvalue weighted by Crippen LogP contribution is -2.27. The Morgan fingerprint density at radius 1 is 1.15 bits per heavy atom. The zero-order valence-corrected chi connectivity index (χ0v) is 15.0. The number of nitrogens with one attached hydrogen (secondary N) is 2. The smallest absolute Gasteiger partial charge is 0.240 e. The van der Waals surface area contributed by atoms with Crippen molar-refractivity contribution in [1.82, 2.24) is 24.5 Å². The van der Waals surface area contributed by atoms with Crippen LogP contribution < -0.4 is 10.0 Å². The standard InChI is InChI=1S/C16H19FN6O2S/c1-2-7-18-15-14-10-21-23(16(14)20-11-19-15)9-8-22-26(24,25)13-5-3-12(17)4-6-13/h3-6,10-11,22H,2,7-9H2,1H3,(H,18,19,20). The highest BCUT2D eigenvalue weighted by atomic mass is 32.2. The summed E-state index contributed by atoms with van der Waals surface area (Å²) in [6, 6.07) is 4.66. The lowest BCUT2D eigenvalue weighted by Gasteiger charge is -2.08. The van der Waals surface area contributed by atoms with Crippen LogP contribution in [0.5, 0.6) is 0 Å². The fourth-order valence-corrected chi connectivity index (χ4v) is 3.44. The van der Waals surface area contributed by atoms with Crippen molar-refractivity contribution < 1.29 is 12.8 Å². The van der Waals surface area contributed by atoms with Crippen LogP contribution in [0.1, 0.15) is 13.3 Å². The molecule has 2 heterocycles. The molecular weight excluding hydrogens is 359 g/mol. The van der Waals surface area contributed by atoms with Gasteiger partial charge in [0.1, 0.15) is 18.0 Å². The molecule has 0 saturated heterocycles. The normalized spacial score (nSPS) is 11.8. The van der Waals surface area contributed by atoms with E-state index < -0.39 is 15.8 Å². The average molecular weight is 378 g/mol. The molecule has 0 unspecified atom stereocenters. The summed E-state index contributed by atoms with van der Waals surface area (Å²) >= 11 is 0. The van der Waals surface area contributed by atoms with Crippen LogP contribution in [0.4, 0.5) is 10.2 Å². The maximum Gasteiger partial charge on any atom is 0.240 e. The topological polar surface area (TPSA) is 102 Å². The fraction of sp³-hybridized carbons (Fsp3) is 0.312. The molecule has 0 atom stereocenters. The third-order valence-corrected chi connectivity index (χ3v) is 5.19. The molecule has 0 aliphatic heterocycles. The number of halogens is 1. The summed E-state index contributed by atoms with van der Waals surface area (Å²) in [4.78, 5) is 8.44. The molecule has 0 radical (unpaired) electrons. The fourth-order valence-electron chi connectivity index (χ4n) is 2.42. The minimum Gasteiger partial charge on any atom is -0.369 e. The Morgan fingerprint density at radius 3 is 2.65 bits per heavy atom. The first-order valence-electron chi connectivity index (χ1n) is 8.17. The zero-order chi connectivity index (χ0) is 18.6. The number of nitrogens with zero attached hydrogens (tertiary/aromatic N) is 4. The van der Waals surface area contributed by atoms with Gasteiger partial charge in [0, 0.05) is 13.1 Å². The van der Waals surface area contributed by atoms with Crippen molar-refractivity contribution in [3.05, 3.63) is 42.6 Å². The van der Waals surface area contributed by atoms with Crippen molar-refractivity contribution >= 4 is 26.9 Å². The molecule has 0 bridgehead atoms. The van der Waals surface area contributed by atoms with E-state index in [0.717, 1.165) is 30.5 Å². The molecular formula is C16H19FN6O2S. The van der Waals surface area contributed by atoms with Crippen molar-refractivity contribution in [3.63, 3.8) is 0 Å². The van der Waals surface area contributed by atoms with Crippen LogP contribution in [0.3, 0.4) is 0 Å². The maximum absolute atomic E-state index is 12.9. The molecule has 0 amide bonds. The molecule has 3 aromatic rings. The highest BCUT2D eigenvalue weighted by Crippen LogP contribution is 2.18. The van der Waals surface area contributed by atoms with E-state index in [4.69, 9.17) is 0 Å². The first-order valence-corrected chi connectivity index (χ1v) is 9.65. The number of rotatable bonds is 8. The largest absolute Gasteiger partial charge is 0.369 e. The van der Waals surface area contributed by atoms with Gasteiger partial charge in [0.25, 0.3) is 0 Å². The number of benzene rings is 1. The number of fused-ring (bicyclic) bond motifs is 1. The second kappa shape index (κ2) is 7.75. The van der Waals surface area contributed by atoms with Gasteiger partial charge in [-0.25, -0.2) is 32.2 Å². The van der Waals surface area contributed by atoms with E-state index in [9.17, 15) is 12.8 Å². The van der Waals surface area contributed by atoms with Gasteiger partial charge in [-0.15, -0.1) is 0 Å². The Balaban J connectivity index is 1.69. The molecule has 1 aromatic carbocycles. The number of hydrogen-bond donors (Lipinski definition) is 2. The molecule has 0 aliphatic rings. The Bertz CT molecular complexity index is 988. The van der Waals surface area contributed by atoms with Crippen LogP contribution in [0.15, 0.2) is 41.7 Å². The zero-order valence-electron chi connectivity index (χ0n) is 14.2.